The summed E-state index contributed by atoms with van der Waals surface area (Å²) < 4.78 is 5.91. The first-order valence-corrected chi connectivity index (χ1v) is 8.62. The molecule has 0 saturated carbocycles. The molecule has 134 valence electrons. The highest BCUT2D eigenvalue weighted by Gasteiger charge is 2.48. The Balaban J connectivity index is 1.60. The standard InChI is InChI=1S/C19H20N4O3/c1-11(2)14-10-26-18-16-12(17(24)23(14)18)6-5-7-13(16)21-19(25)22-15-8-3-4-9-20-15/h3-9,11,14,18H,10H2,1-2H3,(H2,20,21,22,25)/t14-,18?/m0/s1. The second kappa shape index (κ2) is 6.42. The smallest absolute Gasteiger partial charge is 0.324 e. The number of carbonyl (C=O) groups excluding carboxylic acids is 2. The molecule has 0 aliphatic carbocycles. The quantitative estimate of drug-likeness (QED) is 0.888. The van der Waals surface area contributed by atoms with E-state index in [1.165, 1.54) is 0 Å². The van der Waals surface area contributed by atoms with E-state index >= 15 is 0 Å². The zero-order chi connectivity index (χ0) is 18.3. The number of hydrogen-bond donors (Lipinski definition) is 2. The van der Waals surface area contributed by atoms with E-state index in [-0.39, 0.29) is 11.9 Å². The van der Waals surface area contributed by atoms with Gasteiger partial charge in [0, 0.05) is 17.3 Å². The molecule has 3 heterocycles. The van der Waals surface area contributed by atoms with Gasteiger partial charge in [-0.2, -0.15) is 0 Å². The predicted octanol–water partition coefficient (Wildman–Crippen LogP) is 3.23. The molecule has 4 rings (SSSR count). The van der Waals surface area contributed by atoms with Crippen LogP contribution in [0.2, 0.25) is 0 Å². The lowest BCUT2D eigenvalue weighted by molar-refractivity contribution is 0.0342. The van der Waals surface area contributed by atoms with Crippen LogP contribution in [0.3, 0.4) is 0 Å². The number of nitrogens with zero attached hydrogens (tertiary/aromatic N) is 2. The van der Waals surface area contributed by atoms with Crippen LogP contribution in [0.1, 0.15) is 36.0 Å². The highest BCUT2D eigenvalue weighted by atomic mass is 16.5. The second-order valence-corrected chi connectivity index (χ2v) is 6.77. The van der Waals surface area contributed by atoms with Crippen molar-refractivity contribution in [2.45, 2.75) is 26.1 Å². The minimum atomic E-state index is -0.448. The molecule has 0 radical (unpaired) electrons. The molecule has 1 unspecified atom stereocenters. The molecule has 1 saturated heterocycles. The van der Waals surface area contributed by atoms with Crippen molar-refractivity contribution in [1.82, 2.24) is 9.88 Å². The predicted molar refractivity (Wildman–Crippen MR) is 96.8 cm³/mol. The molecule has 3 amide bonds. The average molecular weight is 352 g/mol. The molecule has 2 aliphatic heterocycles. The number of urea groups is 1. The number of aromatic nitrogens is 1. The molecule has 1 aromatic heterocycles. The lowest BCUT2D eigenvalue weighted by atomic mass is 10.0. The van der Waals surface area contributed by atoms with Gasteiger partial charge in [0.15, 0.2) is 6.23 Å². The zero-order valence-electron chi connectivity index (χ0n) is 14.6. The van der Waals surface area contributed by atoms with Gasteiger partial charge in [-0.1, -0.05) is 26.0 Å². The third kappa shape index (κ3) is 2.70. The van der Waals surface area contributed by atoms with Crippen molar-refractivity contribution in [2.75, 3.05) is 17.2 Å². The van der Waals surface area contributed by atoms with Crippen molar-refractivity contribution in [1.29, 1.82) is 0 Å². The van der Waals surface area contributed by atoms with Gasteiger partial charge in [-0.25, -0.2) is 9.78 Å². The first-order chi connectivity index (χ1) is 12.6. The van der Waals surface area contributed by atoms with Crippen molar-refractivity contribution < 1.29 is 14.3 Å². The van der Waals surface area contributed by atoms with Crippen LogP contribution < -0.4 is 10.6 Å². The fourth-order valence-corrected chi connectivity index (χ4v) is 3.49. The highest BCUT2D eigenvalue weighted by Crippen LogP contribution is 2.45. The monoisotopic (exact) mass is 352 g/mol. The molecule has 0 bridgehead atoms. The summed E-state index contributed by atoms with van der Waals surface area (Å²) in [7, 11) is 0. The molecule has 7 nitrogen and oxygen atoms in total. The van der Waals surface area contributed by atoms with Crippen LogP contribution in [-0.4, -0.2) is 34.5 Å². The van der Waals surface area contributed by atoms with Gasteiger partial charge < -0.3 is 15.0 Å². The number of hydrogen-bond acceptors (Lipinski definition) is 4. The molecular formula is C19H20N4O3. The van der Waals surface area contributed by atoms with E-state index < -0.39 is 12.3 Å². The van der Waals surface area contributed by atoms with Crippen molar-refractivity contribution in [2.24, 2.45) is 5.92 Å². The Hall–Kier alpha value is -2.93. The summed E-state index contributed by atoms with van der Waals surface area (Å²) in [6, 6.07) is 10.2. The first-order valence-electron chi connectivity index (χ1n) is 8.62. The third-order valence-corrected chi connectivity index (χ3v) is 4.78. The van der Waals surface area contributed by atoms with Crippen molar-refractivity contribution in [3.8, 4) is 0 Å². The van der Waals surface area contributed by atoms with Crippen LogP contribution in [0.4, 0.5) is 16.3 Å². The van der Waals surface area contributed by atoms with E-state index in [4.69, 9.17) is 4.74 Å². The summed E-state index contributed by atoms with van der Waals surface area (Å²) in [6.45, 7) is 4.65. The Morgan fingerprint density at radius 2 is 2.08 bits per heavy atom. The summed E-state index contributed by atoms with van der Waals surface area (Å²) in [5, 5.41) is 5.50. The first kappa shape index (κ1) is 16.5. The van der Waals surface area contributed by atoms with Gasteiger partial charge in [-0.15, -0.1) is 0 Å². The van der Waals surface area contributed by atoms with Crippen LogP contribution >= 0.6 is 0 Å². The SMILES string of the molecule is CC(C)[C@@H]1COC2c3c(NC(=O)Nc4ccccn4)cccc3C(=O)N21. The number of pyridine rings is 1. The summed E-state index contributed by atoms with van der Waals surface area (Å²) >= 11 is 0. The number of ether oxygens (including phenoxy) is 1. The molecule has 2 atom stereocenters. The van der Waals surface area contributed by atoms with E-state index in [9.17, 15) is 9.59 Å². The van der Waals surface area contributed by atoms with E-state index in [2.05, 4.69) is 29.5 Å². The fraction of sp³-hybridized carbons (Fsp3) is 0.316. The Kier molecular flexibility index (Phi) is 4.08. The van der Waals surface area contributed by atoms with Crippen molar-refractivity contribution in [3.63, 3.8) is 0 Å². The average Bonchev–Trinajstić information content (AvgIpc) is 3.17. The van der Waals surface area contributed by atoms with Crippen LogP contribution in [0, 0.1) is 5.92 Å². The van der Waals surface area contributed by atoms with Crippen LogP contribution in [0.15, 0.2) is 42.6 Å². The Morgan fingerprint density at radius 3 is 2.81 bits per heavy atom. The Morgan fingerprint density at radius 1 is 1.23 bits per heavy atom. The number of benzene rings is 1. The third-order valence-electron chi connectivity index (χ3n) is 4.78. The molecule has 26 heavy (non-hydrogen) atoms. The number of nitrogens with one attached hydrogen (secondary N) is 2. The summed E-state index contributed by atoms with van der Waals surface area (Å²) in [5.41, 5.74) is 1.87. The van der Waals surface area contributed by atoms with Gasteiger partial charge in [0.2, 0.25) is 0 Å². The molecule has 1 fully saturated rings. The number of carbonyl (C=O) groups is 2. The summed E-state index contributed by atoms with van der Waals surface area (Å²) in [5.74, 6) is 0.698. The second-order valence-electron chi connectivity index (χ2n) is 6.77. The summed E-state index contributed by atoms with van der Waals surface area (Å²) in [6.07, 6.45) is 1.15. The molecule has 2 aliphatic rings. The molecule has 0 spiro atoms. The number of fused-ring (bicyclic) bond motifs is 3. The van der Waals surface area contributed by atoms with Gasteiger partial charge >= 0.3 is 6.03 Å². The van der Waals surface area contributed by atoms with E-state index in [0.717, 1.165) is 5.56 Å². The van der Waals surface area contributed by atoms with Gasteiger partial charge in [-0.3, -0.25) is 10.1 Å². The lowest BCUT2D eigenvalue weighted by Gasteiger charge is -2.24. The van der Waals surface area contributed by atoms with Crippen LogP contribution in [0.25, 0.3) is 0 Å². The lowest BCUT2D eigenvalue weighted by Crippen LogP contribution is -2.37. The largest absolute Gasteiger partial charge is 0.352 e. The highest BCUT2D eigenvalue weighted by molar-refractivity contribution is 6.05. The molecule has 2 aromatic rings. The maximum absolute atomic E-state index is 12.8. The summed E-state index contributed by atoms with van der Waals surface area (Å²) in [4.78, 5) is 31.0. The van der Waals surface area contributed by atoms with E-state index in [1.54, 1.807) is 47.5 Å². The van der Waals surface area contributed by atoms with E-state index in [0.29, 0.717) is 29.6 Å². The number of rotatable bonds is 3. The molecule has 7 heteroatoms. The van der Waals surface area contributed by atoms with Gasteiger partial charge in [0.05, 0.1) is 18.3 Å². The maximum Gasteiger partial charge on any atom is 0.324 e. The number of amides is 3. The zero-order valence-corrected chi connectivity index (χ0v) is 14.6. The van der Waals surface area contributed by atoms with Crippen LogP contribution in [-0.2, 0) is 4.74 Å². The van der Waals surface area contributed by atoms with Crippen molar-refractivity contribution in [3.05, 3.63) is 53.7 Å². The maximum atomic E-state index is 12.8. The molecular weight excluding hydrogens is 332 g/mol. The Bertz CT molecular complexity index is 853. The fourth-order valence-electron chi connectivity index (χ4n) is 3.49. The van der Waals surface area contributed by atoms with Crippen LogP contribution in [0.5, 0.6) is 0 Å². The van der Waals surface area contributed by atoms with Gasteiger partial charge in [0.1, 0.15) is 5.82 Å². The van der Waals surface area contributed by atoms with E-state index in [1.807, 2.05) is 0 Å². The topological polar surface area (TPSA) is 83.6 Å². The normalized spacial score (nSPS) is 20.9. The van der Waals surface area contributed by atoms with Gasteiger partial charge in [0.25, 0.3) is 5.91 Å². The minimum Gasteiger partial charge on any atom is -0.352 e. The Labute approximate surface area is 151 Å². The van der Waals surface area contributed by atoms with Gasteiger partial charge in [-0.05, 0) is 30.2 Å². The molecule has 1 aromatic carbocycles. The molecule has 2 N–H and O–H groups in total. The van der Waals surface area contributed by atoms with Crippen molar-refractivity contribution >= 4 is 23.4 Å². The number of anilines is 2. The minimum absolute atomic E-state index is 0.0371.